The van der Waals surface area contributed by atoms with E-state index in [-0.39, 0.29) is 0 Å². The van der Waals surface area contributed by atoms with Gasteiger partial charge in [0.1, 0.15) is 0 Å². The van der Waals surface area contributed by atoms with Gasteiger partial charge >= 0.3 is 0 Å². The zero-order chi connectivity index (χ0) is 6.81. The normalized spacial score (nSPS) is 18.8. The summed E-state index contributed by atoms with van der Waals surface area (Å²) in [6.07, 6.45) is 4.91. The molecule has 2 heteroatoms. The minimum Gasteiger partial charge on any atom is -0.472 e. The van der Waals surface area contributed by atoms with Crippen LogP contribution >= 0.6 is 0 Å². The molecule has 0 aromatic carbocycles. The van der Waals surface area contributed by atoms with E-state index in [9.17, 15) is 0 Å². The number of nitrogens with zero attached hydrogens (tertiary/aromatic N) is 1. The lowest BCUT2D eigenvalue weighted by Gasteiger charge is -2.29. The van der Waals surface area contributed by atoms with Crippen molar-refractivity contribution in [2.24, 2.45) is 0 Å². The second-order valence-corrected chi connectivity index (χ2v) is 2.76. The zero-order valence-corrected chi connectivity index (χ0v) is 5.92. The van der Waals surface area contributed by atoms with Gasteiger partial charge in [-0.3, -0.25) is 4.90 Å². The summed E-state index contributed by atoms with van der Waals surface area (Å²) >= 11 is 0. The van der Waals surface area contributed by atoms with Crippen molar-refractivity contribution >= 4 is 0 Å². The summed E-state index contributed by atoms with van der Waals surface area (Å²) in [5.74, 6) is 0. The van der Waals surface area contributed by atoms with Crippen LogP contribution in [0, 0.1) is 0 Å². The highest BCUT2D eigenvalue weighted by atomic mass is 16.3. The largest absolute Gasteiger partial charge is 0.472 e. The number of likely N-dealkylation sites (tertiary alicyclic amines) is 1. The molecule has 54 valence electrons. The number of furan rings is 1. The molecule has 0 saturated carbocycles. The van der Waals surface area contributed by atoms with Crippen molar-refractivity contribution in [2.45, 2.75) is 13.0 Å². The third kappa shape index (κ3) is 1.07. The van der Waals surface area contributed by atoms with Crippen molar-refractivity contribution < 1.29 is 4.42 Å². The molecule has 0 radical (unpaired) electrons. The molecule has 1 aliphatic rings. The number of hydrogen-bond donors (Lipinski definition) is 0. The summed E-state index contributed by atoms with van der Waals surface area (Å²) in [5.41, 5.74) is 1.29. The molecular weight excluding hydrogens is 126 g/mol. The van der Waals surface area contributed by atoms with Crippen LogP contribution in [0.15, 0.2) is 23.0 Å². The molecule has 2 nitrogen and oxygen atoms in total. The van der Waals surface area contributed by atoms with Gasteiger partial charge < -0.3 is 4.42 Å². The van der Waals surface area contributed by atoms with Crippen molar-refractivity contribution in [3.8, 4) is 0 Å². The Hall–Kier alpha value is -0.760. The van der Waals surface area contributed by atoms with E-state index in [1.807, 2.05) is 12.3 Å². The highest BCUT2D eigenvalue weighted by Gasteiger charge is 2.13. The first-order chi connectivity index (χ1) is 4.95. The van der Waals surface area contributed by atoms with E-state index in [2.05, 4.69) is 4.90 Å². The maximum atomic E-state index is 4.96. The molecule has 1 aromatic heterocycles. The van der Waals surface area contributed by atoms with Gasteiger partial charge in [-0.2, -0.15) is 0 Å². The monoisotopic (exact) mass is 137 g/mol. The molecule has 1 fully saturated rings. The average Bonchev–Trinajstić information content (AvgIpc) is 2.29. The van der Waals surface area contributed by atoms with E-state index in [1.54, 1.807) is 6.26 Å². The molecule has 2 heterocycles. The Morgan fingerprint density at radius 1 is 1.50 bits per heavy atom. The predicted octanol–water partition coefficient (Wildman–Crippen LogP) is 1.49. The van der Waals surface area contributed by atoms with Crippen LogP contribution < -0.4 is 0 Å². The second-order valence-electron chi connectivity index (χ2n) is 2.76. The van der Waals surface area contributed by atoms with Gasteiger partial charge in [0, 0.05) is 12.1 Å². The molecule has 0 aliphatic carbocycles. The van der Waals surface area contributed by atoms with Crippen molar-refractivity contribution in [1.82, 2.24) is 4.90 Å². The minimum absolute atomic E-state index is 1.07. The summed E-state index contributed by atoms with van der Waals surface area (Å²) in [6.45, 7) is 3.58. The van der Waals surface area contributed by atoms with Gasteiger partial charge in [-0.05, 0) is 25.6 Å². The van der Waals surface area contributed by atoms with E-state index in [4.69, 9.17) is 4.42 Å². The highest BCUT2D eigenvalue weighted by Crippen LogP contribution is 2.11. The Morgan fingerprint density at radius 3 is 2.90 bits per heavy atom. The minimum atomic E-state index is 1.07. The summed E-state index contributed by atoms with van der Waals surface area (Å²) in [4.78, 5) is 2.41. The third-order valence-corrected chi connectivity index (χ3v) is 1.93. The lowest BCUT2D eigenvalue weighted by Crippen LogP contribution is -2.36. The van der Waals surface area contributed by atoms with Crippen molar-refractivity contribution in [3.63, 3.8) is 0 Å². The third-order valence-electron chi connectivity index (χ3n) is 1.93. The SMILES string of the molecule is c1cc(CN2CCC2)co1. The lowest BCUT2D eigenvalue weighted by atomic mass is 10.2. The molecule has 0 spiro atoms. The molecule has 0 N–H and O–H groups in total. The Balaban J connectivity index is 1.90. The van der Waals surface area contributed by atoms with Crippen molar-refractivity contribution in [2.75, 3.05) is 13.1 Å². The second kappa shape index (κ2) is 2.46. The first-order valence-electron chi connectivity index (χ1n) is 3.68. The van der Waals surface area contributed by atoms with E-state index >= 15 is 0 Å². The molecule has 2 rings (SSSR count). The van der Waals surface area contributed by atoms with Gasteiger partial charge in [-0.15, -0.1) is 0 Å². The summed E-state index contributed by atoms with van der Waals surface area (Å²) in [6, 6.07) is 2.03. The lowest BCUT2D eigenvalue weighted by molar-refractivity contribution is 0.172. The Kier molecular flexibility index (Phi) is 1.47. The fourth-order valence-electron chi connectivity index (χ4n) is 1.18. The van der Waals surface area contributed by atoms with E-state index < -0.39 is 0 Å². The van der Waals surface area contributed by atoms with Crippen LogP contribution in [-0.4, -0.2) is 18.0 Å². The predicted molar refractivity (Wildman–Crippen MR) is 38.6 cm³/mol. The smallest absolute Gasteiger partial charge is 0.0947 e. The topological polar surface area (TPSA) is 16.4 Å². The van der Waals surface area contributed by atoms with Crippen molar-refractivity contribution in [1.29, 1.82) is 0 Å². The van der Waals surface area contributed by atoms with Gasteiger partial charge in [0.2, 0.25) is 0 Å². The van der Waals surface area contributed by atoms with Crippen molar-refractivity contribution in [3.05, 3.63) is 24.2 Å². The van der Waals surface area contributed by atoms with Crippen LogP contribution in [0.5, 0.6) is 0 Å². The molecule has 1 saturated heterocycles. The van der Waals surface area contributed by atoms with Crippen LogP contribution in [0.1, 0.15) is 12.0 Å². The van der Waals surface area contributed by atoms with Crippen LogP contribution in [0.2, 0.25) is 0 Å². The first-order valence-corrected chi connectivity index (χ1v) is 3.68. The van der Waals surface area contributed by atoms with Gasteiger partial charge in [-0.25, -0.2) is 0 Å². The van der Waals surface area contributed by atoms with Crippen LogP contribution in [-0.2, 0) is 6.54 Å². The van der Waals surface area contributed by atoms with Gasteiger partial charge in [-0.1, -0.05) is 0 Å². The summed E-state index contributed by atoms with van der Waals surface area (Å²) < 4.78 is 4.96. The molecule has 0 atom stereocenters. The van der Waals surface area contributed by atoms with E-state index in [0.29, 0.717) is 0 Å². The summed E-state index contributed by atoms with van der Waals surface area (Å²) in [7, 11) is 0. The maximum absolute atomic E-state index is 4.96. The molecule has 0 bridgehead atoms. The first kappa shape index (κ1) is 5.98. The standard InChI is InChI=1S/C8H11NO/c1-3-9(4-1)6-8-2-5-10-7-8/h2,5,7H,1,3-4,6H2. The van der Waals surface area contributed by atoms with Gasteiger partial charge in [0.15, 0.2) is 0 Å². The fraction of sp³-hybridized carbons (Fsp3) is 0.500. The van der Waals surface area contributed by atoms with Gasteiger partial charge in [0.25, 0.3) is 0 Å². The van der Waals surface area contributed by atoms with E-state index in [0.717, 1.165) is 6.54 Å². The molecular formula is C8H11NO. The highest BCUT2D eigenvalue weighted by molar-refractivity contribution is 5.05. The summed E-state index contributed by atoms with van der Waals surface area (Å²) in [5, 5.41) is 0. The van der Waals surface area contributed by atoms with E-state index in [1.165, 1.54) is 25.1 Å². The van der Waals surface area contributed by atoms with Gasteiger partial charge in [0.05, 0.1) is 12.5 Å². The Bertz CT molecular complexity index is 189. The Morgan fingerprint density at radius 2 is 2.40 bits per heavy atom. The molecule has 0 amide bonds. The maximum Gasteiger partial charge on any atom is 0.0947 e. The molecule has 1 aromatic rings. The molecule has 0 unspecified atom stereocenters. The number of rotatable bonds is 2. The average molecular weight is 137 g/mol. The van der Waals surface area contributed by atoms with Crippen LogP contribution in [0.25, 0.3) is 0 Å². The Labute approximate surface area is 60.4 Å². The van der Waals surface area contributed by atoms with Crippen LogP contribution in [0.3, 0.4) is 0 Å². The number of hydrogen-bond acceptors (Lipinski definition) is 2. The molecule has 10 heavy (non-hydrogen) atoms. The zero-order valence-electron chi connectivity index (χ0n) is 5.92. The van der Waals surface area contributed by atoms with Crippen LogP contribution in [0.4, 0.5) is 0 Å². The molecule has 1 aliphatic heterocycles. The fourth-order valence-corrected chi connectivity index (χ4v) is 1.18. The quantitative estimate of drug-likeness (QED) is 0.614.